The Balaban J connectivity index is 1.66. The minimum atomic E-state index is -0.391. The van der Waals surface area contributed by atoms with E-state index in [1.807, 2.05) is 42.6 Å². The third-order valence-corrected chi connectivity index (χ3v) is 5.98. The van der Waals surface area contributed by atoms with Crippen LogP contribution in [0.25, 0.3) is 0 Å². The summed E-state index contributed by atoms with van der Waals surface area (Å²) in [4.78, 5) is 40.2. The second kappa shape index (κ2) is 9.21. The van der Waals surface area contributed by atoms with Crippen LogP contribution >= 0.6 is 0 Å². The highest BCUT2D eigenvalue weighted by molar-refractivity contribution is 5.95. The molecule has 2 amide bonds. The Morgan fingerprint density at radius 1 is 1.16 bits per heavy atom. The number of aromatic nitrogens is 3. The van der Waals surface area contributed by atoms with E-state index in [9.17, 15) is 14.4 Å². The van der Waals surface area contributed by atoms with E-state index in [-0.39, 0.29) is 23.6 Å². The van der Waals surface area contributed by atoms with Crippen molar-refractivity contribution in [1.82, 2.24) is 24.6 Å². The average molecular weight is 434 g/mol. The van der Waals surface area contributed by atoms with E-state index in [2.05, 4.69) is 10.4 Å². The van der Waals surface area contributed by atoms with Crippen molar-refractivity contribution in [1.29, 1.82) is 0 Å². The summed E-state index contributed by atoms with van der Waals surface area (Å²) in [5, 5.41) is 6.98. The summed E-state index contributed by atoms with van der Waals surface area (Å²) in [6, 6.07) is 11.7. The molecule has 4 rings (SSSR count). The topological polar surface area (TPSA) is 89.2 Å². The van der Waals surface area contributed by atoms with Gasteiger partial charge in [-0.05, 0) is 35.6 Å². The van der Waals surface area contributed by atoms with Gasteiger partial charge in [0.15, 0.2) is 0 Å². The molecule has 8 nitrogen and oxygen atoms in total. The molecule has 1 aliphatic heterocycles. The number of aryl methyl sites for hydroxylation is 3. The lowest BCUT2D eigenvalue weighted by Crippen LogP contribution is -2.41. The summed E-state index contributed by atoms with van der Waals surface area (Å²) in [5.41, 5.74) is 3.44. The van der Waals surface area contributed by atoms with Crippen molar-refractivity contribution in [3.8, 4) is 0 Å². The van der Waals surface area contributed by atoms with Gasteiger partial charge in [0.2, 0.25) is 5.91 Å². The van der Waals surface area contributed by atoms with Crippen LogP contribution in [0, 0.1) is 0 Å². The van der Waals surface area contributed by atoms with Crippen LogP contribution in [0.5, 0.6) is 0 Å². The summed E-state index contributed by atoms with van der Waals surface area (Å²) < 4.78 is 3.29. The highest BCUT2D eigenvalue weighted by Crippen LogP contribution is 2.21. The maximum absolute atomic E-state index is 13.4. The van der Waals surface area contributed by atoms with Gasteiger partial charge >= 0.3 is 0 Å². The quantitative estimate of drug-likeness (QED) is 0.640. The van der Waals surface area contributed by atoms with Crippen molar-refractivity contribution < 1.29 is 9.59 Å². The van der Waals surface area contributed by atoms with Crippen LogP contribution in [-0.4, -0.2) is 37.6 Å². The fourth-order valence-corrected chi connectivity index (χ4v) is 4.11. The fourth-order valence-electron chi connectivity index (χ4n) is 4.11. The van der Waals surface area contributed by atoms with E-state index in [4.69, 9.17) is 0 Å². The molecule has 0 bridgehead atoms. The molecule has 2 aromatic heterocycles. The number of carbonyl (C=O) groups excluding carboxylic acids is 2. The molecule has 0 aliphatic carbocycles. The first-order chi connectivity index (χ1) is 15.4. The Morgan fingerprint density at radius 2 is 1.94 bits per heavy atom. The highest BCUT2D eigenvalue weighted by atomic mass is 16.2. The van der Waals surface area contributed by atoms with E-state index in [0.29, 0.717) is 32.5 Å². The molecule has 0 saturated carbocycles. The second-order valence-electron chi connectivity index (χ2n) is 8.06. The zero-order chi connectivity index (χ0) is 22.7. The molecule has 3 aromatic rings. The van der Waals surface area contributed by atoms with Crippen LogP contribution in [0.1, 0.15) is 39.7 Å². The van der Waals surface area contributed by atoms with E-state index in [0.717, 1.165) is 22.4 Å². The SMILES string of the molecule is CC(=O)N1CCc2c(cn(CCc3ccccc3)c(=O)c2C(=O)NCc2ccnn2C)C1. The number of benzene rings is 1. The average Bonchev–Trinajstić information content (AvgIpc) is 3.21. The summed E-state index contributed by atoms with van der Waals surface area (Å²) in [6.07, 6.45) is 4.64. The van der Waals surface area contributed by atoms with Gasteiger partial charge in [0, 0.05) is 46.0 Å². The number of amides is 2. The number of pyridine rings is 1. The molecule has 0 spiro atoms. The van der Waals surface area contributed by atoms with Gasteiger partial charge in [-0.1, -0.05) is 30.3 Å². The molecule has 8 heteroatoms. The lowest BCUT2D eigenvalue weighted by atomic mass is 9.95. The lowest BCUT2D eigenvalue weighted by molar-refractivity contribution is -0.129. The van der Waals surface area contributed by atoms with Gasteiger partial charge in [-0.2, -0.15) is 5.10 Å². The van der Waals surface area contributed by atoms with E-state index in [1.54, 1.807) is 27.4 Å². The number of hydrogen-bond acceptors (Lipinski definition) is 4. The monoisotopic (exact) mass is 433 g/mol. The van der Waals surface area contributed by atoms with Crippen LogP contribution in [0.15, 0.2) is 53.6 Å². The predicted molar refractivity (Wildman–Crippen MR) is 120 cm³/mol. The Bertz CT molecular complexity index is 1200. The highest BCUT2D eigenvalue weighted by Gasteiger charge is 2.27. The van der Waals surface area contributed by atoms with E-state index >= 15 is 0 Å². The van der Waals surface area contributed by atoms with Crippen LogP contribution in [0.2, 0.25) is 0 Å². The largest absolute Gasteiger partial charge is 0.346 e. The number of nitrogens with zero attached hydrogens (tertiary/aromatic N) is 4. The van der Waals surface area contributed by atoms with Crippen molar-refractivity contribution in [2.45, 2.75) is 39.4 Å². The van der Waals surface area contributed by atoms with Crippen molar-refractivity contribution in [3.05, 3.63) is 87.1 Å². The van der Waals surface area contributed by atoms with Crippen molar-refractivity contribution in [2.75, 3.05) is 6.54 Å². The number of fused-ring (bicyclic) bond motifs is 1. The van der Waals surface area contributed by atoms with Crippen molar-refractivity contribution in [3.63, 3.8) is 0 Å². The first-order valence-corrected chi connectivity index (χ1v) is 10.7. The normalized spacial score (nSPS) is 13.0. The summed E-state index contributed by atoms with van der Waals surface area (Å²) in [7, 11) is 1.80. The van der Waals surface area contributed by atoms with Gasteiger partial charge in [-0.25, -0.2) is 0 Å². The van der Waals surface area contributed by atoms with Crippen molar-refractivity contribution in [2.24, 2.45) is 7.05 Å². The zero-order valence-electron chi connectivity index (χ0n) is 18.4. The second-order valence-corrected chi connectivity index (χ2v) is 8.06. The van der Waals surface area contributed by atoms with E-state index in [1.165, 1.54) is 6.92 Å². The molecule has 0 radical (unpaired) electrons. The van der Waals surface area contributed by atoms with Gasteiger partial charge in [0.1, 0.15) is 5.56 Å². The molecule has 1 aliphatic rings. The summed E-state index contributed by atoms with van der Waals surface area (Å²) >= 11 is 0. The first kappa shape index (κ1) is 21.5. The van der Waals surface area contributed by atoms with E-state index < -0.39 is 5.91 Å². The van der Waals surface area contributed by atoms with Gasteiger partial charge in [0.25, 0.3) is 11.5 Å². The lowest BCUT2D eigenvalue weighted by Gasteiger charge is -2.29. The number of hydrogen-bond donors (Lipinski definition) is 1. The zero-order valence-corrected chi connectivity index (χ0v) is 18.4. The molecule has 0 atom stereocenters. The molecule has 1 aromatic carbocycles. The summed E-state index contributed by atoms with van der Waals surface area (Å²) in [5.74, 6) is -0.405. The number of carbonyl (C=O) groups is 2. The maximum Gasteiger partial charge on any atom is 0.263 e. The molecular formula is C24H27N5O3. The van der Waals surface area contributed by atoms with Gasteiger partial charge in [-0.3, -0.25) is 19.1 Å². The Kier molecular flexibility index (Phi) is 6.20. The molecule has 0 unspecified atom stereocenters. The molecule has 32 heavy (non-hydrogen) atoms. The standard InChI is InChI=1S/C24H27N5O3/c1-17(30)28-13-10-21-19(15-28)16-29(12-9-18-6-4-3-5-7-18)24(32)22(21)23(31)25-14-20-8-11-26-27(20)2/h3-8,11,16H,9-10,12-15H2,1-2H3,(H,25,31). The van der Waals surface area contributed by atoms with Crippen LogP contribution in [-0.2, 0) is 44.3 Å². The number of nitrogens with one attached hydrogen (secondary N) is 1. The number of rotatable bonds is 6. The minimum absolute atomic E-state index is 0.0140. The Morgan fingerprint density at radius 3 is 2.62 bits per heavy atom. The Hall–Kier alpha value is -3.68. The van der Waals surface area contributed by atoms with Crippen molar-refractivity contribution >= 4 is 11.8 Å². The van der Waals surface area contributed by atoms with Crippen LogP contribution < -0.4 is 10.9 Å². The smallest absolute Gasteiger partial charge is 0.263 e. The first-order valence-electron chi connectivity index (χ1n) is 10.7. The molecule has 166 valence electrons. The molecule has 1 N–H and O–H groups in total. The van der Waals surface area contributed by atoms with Gasteiger partial charge < -0.3 is 14.8 Å². The van der Waals surface area contributed by atoms with Crippen LogP contribution in [0.4, 0.5) is 0 Å². The van der Waals surface area contributed by atoms with Gasteiger partial charge in [0.05, 0.1) is 12.2 Å². The third-order valence-electron chi connectivity index (χ3n) is 5.98. The van der Waals surface area contributed by atoms with Crippen LogP contribution in [0.3, 0.4) is 0 Å². The minimum Gasteiger partial charge on any atom is -0.346 e. The molecule has 0 fully saturated rings. The summed E-state index contributed by atoms with van der Waals surface area (Å²) in [6.45, 7) is 3.17. The molecule has 0 saturated heterocycles. The maximum atomic E-state index is 13.4. The van der Waals surface area contributed by atoms with Gasteiger partial charge in [-0.15, -0.1) is 0 Å². The third kappa shape index (κ3) is 4.49. The molecular weight excluding hydrogens is 406 g/mol. The molecule has 3 heterocycles. The Labute approximate surface area is 186 Å². The fraction of sp³-hybridized carbons (Fsp3) is 0.333. The predicted octanol–water partition coefficient (Wildman–Crippen LogP) is 1.66.